The minimum Gasteiger partial charge on any atom is -0.303 e. The predicted octanol–water partition coefficient (Wildman–Crippen LogP) is 1.15. The van der Waals surface area contributed by atoms with Crippen LogP contribution in [0.1, 0.15) is 32.6 Å². The Bertz CT molecular complexity index is 294. The smallest absolute Gasteiger partial charge is 0.303 e. The Morgan fingerprint density at radius 3 is 2.06 bits per heavy atom. The van der Waals surface area contributed by atoms with Crippen molar-refractivity contribution in [3.8, 4) is 0 Å². The molecule has 1 unspecified atom stereocenters. The molecule has 0 aromatic rings. The van der Waals surface area contributed by atoms with Gasteiger partial charge in [-0.2, -0.15) is 0 Å². The molecule has 0 radical (unpaired) electrons. The second-order valence-electron chi connectivity index (χ2n) is 3.58. The van der Waals surface area contributed by atoms with Crippen LogP contribution in [0.15, 0.2) is 0 Å². The molecule has 104 valence electrons. The molecule has 17 heavy (non-hydrogen) atoms. The molecular formula is C7H18O8P2. The maximum absolute atomic E-state index is 10.5. The first-order valence-electron chi connectivity index (χ1n) is 5.04. The van der Waals surface area contributed by atoms with Crippen LogP contribution in [-0.4, -0.2) is 32.3 Å². The van der Waals surface area contributed by atoms with E-state index in [2.05, 4.69) is 9.05 Å². The fourth-order valence-electron chi connectivity index (χ4n) is 1.18. The van der Waals surface area contributed by atoms with Gasteiger partial charge in [-0.1, -0.05) is 12.8 Å². The van der Waals surface area contributed by atoms with Crippen molar-refractivity contribution in [3.63, 3.8) is 0 Å². The highest BCUT2D eigenvalue weighted by atomic mass is 31.2. The Labute approximate surface area is 99.4 Å². The zero-order valence-electron chi connectivity index (χ0n) is 9.43. The summed E-state index contributed by atoms with van der Waals surface area (Å²) < 4.78 is 29.4. The minimum absolute atomic E-state index is 0.0436. The van der Waals surface area contributed by atoms with E-state index in [9.17, 15) is 9.13 Å². The van der Waals surface area contributed by atoms with E-state index in [1.165, 1.54) is 0 Å². The molecule has 0 aliphatic heterocycles. The van der Waals surface area contributed by atoms with Gasteiger partial charge in [0.25, 0.3) is 0 Å². The zero-order valence-corrected chi connectivity index (χ0v) is 11.2. The van der Waals surface area contributed by atoms with Crippen molar-refractivity contribution >= 4 is 15.6 Å². The molecule has 1 atom stereocenters. The molecule has 0 aliphatic carbocycles. The Balaban J connectivity index is 3.46. The van der Waals surface area contributed by atoms with E-state index in [1.807, 2.05) is 0 Å². The van der Waals surface area contributed by atoms with Crippen LogP contribution in [0.25, 0.3) is 0 Å². The summed E-state index contributed by atoms with van der Waals surface area (Å²) >= 11 is 0. The molecule has 0 spiro atoms. The highest BCUT2D eigenvalue weighted by Gasteiger charge is 2.18. The molecule has 0 saturated carbocycles. The Hall–Kier alpha value is 0.220. The Morgan fingerprint density at radius 1 is 1.00 bits per heavy atom. The summed E-state index contributed by atoms with van der Waals surface area (Å²) in [5.41, 5.74) is 0. The molecule has 8 nitrogen and oxygen atoms in total. The normalized spacial score (nSPS) is 14.9. The lowest BCUT2D eigenvalue weighted by molar-refractivity contribution is 0.135. The first-order valence-corrected chi connectivity index (χ1v) is 8.10. The number of phosphoric acid groups is 2. The van der Waals surface area contributed by atoms with Crippen molar-refractivity contribution in [3.05, 3.63) is 0 Å². The molecule has 0 aliphatic rings. The summed E-state index contributed by atoms with van der Waals surface area (Å²) in [5, 5.41) is 0. The van der Waals surface area contributed by atoms with Crippen molar-refractivity contribution in [2.45, 2.75) is 38.7 Å². The molecule has 0 saturated heterocycles. The molecule has 0 aromatic heterocycles. The van der Waals surface area contributed by atoms with Crippen LogP contribution < -0.4 is 0 Å². The van der Waals surface area contributed by atoms with Crippen LogP contribution >= 0.6 is 15.6 Å². The summed E-state index contributed by atoms with van der Waals surface area (Å²) in [7, 11) is -8.82. The summed E-state index contributed by atoms with van der Waals surface area (Å²) in [5.74, 6) is 0. The maximum atomic E-state index is 10.5. The van der Waals surface area contributed by atoms with Gasteiger partial charge in [-0.15, -0.1) is 0 Å². The van der Waals surface area contributed by atoms with E-state index >= 15 is 0 Å². The first kappa shape index (κ1) is 17.2. The van der Waals surface area contributed by atoms with E-state index in [1.54, 1.807) is 6.92 Å². The maximum Gasteiger partial charge on any atom is 0.469 e. The van der Waals surface area contributed by atoms with Gasteiger partial charge in [0.15, 0.2) is 0 Å². The van der Waals surface area contributed by atoms with Crippen molar-refractivity contribution in [1.29, 1.82) is 0 Å². The lowest BCUT2D eigenvalue weighted by Gasteiger charge is -2.13. The standard InChI is InChI=1S/C7H18O8P2/c1-7(15-17(11,12)13)5-3-2-4-6-14-16(8,9)10/h7H,2-6H2,1H3,(H2,8,9,10)(H2,11,12,13). The average Bonchev–Trinajstić information content (AvgIpc) is 2.06. The van der Waals surface area contributed by atoms with E-state index in [-0.39, 0.29) is 6.61 Å². The summed E-state index contributed by atoms with van der Waals surface area (Å²) in [4.78, 5) is 33.7. The second-order valence-corrected chi connectivity index (χ2v) is 6.01. The van der Waals surface area contributed by atoms with Crippen LogP contribution in [0.5, 0.6) is 0 Å². The van der Waals surface area contributed by atoms with E-state index in [4.69, 9.17) is 19.6 Å². The van der Waals surface area contributed by atoms with Crippen molar-refractivity contribution < 1.29 is 37.8 Å². The van der Waals surface area contributed by atoms with Gasteiger partial charge in [-0.05, 0) is 19.8 Å². The van der Waals surface area contributed by atoms with Gasteiger partial charge in [-0.25, -0.2) is 9.13 Å². The molecule has 10 heteroatoms. The molecular weight excluding hydrogens is 274 g/mol. The third-order valence-corrected chi connectivity index (χ3v) is 2.99. The van der Waals surface area contributed by atoms with Gasteiger partial charge in [0.1, 0.15) is 0 Å². The van der Waals surface area contributed by atoms with Crippen LogP contribution in [-0.2, 0) is 18.2 Å². The summed E-state index contributed by atoms with van der Waals surface area (Å²) in [6, 6.07) is 0. The third-order valence-electron chi connectivity index (χ3n) is 1.83. The Kier molecular flexibility index (Phi) is 7.71. The van der Waals surface area contributed by atoms with Crippen LogP contribution in [0.4, 0.5) is 0 Å². The van der Waals surface area contributed by atoms with Crippen molar-refractivity contribution in [2.24, 2.45) is 0 Å². The molecule has 0 rings (SSSR count). The van der Waals surface area contributed by atoms with Gasteiger partial charge >= 0.3 is 15.6 Å². The minimum atomic E-state index is -4.43. The fraction of sp³-hybridized carbons (Fsp3) is 1.00. The van der Waals surface area contributed by atoms with E-state index < -0.39 is 21.7 Å². The molecule has 0 bridgehead atoms. The van der Waals surface area contributed by atoms with Gasteiger partial charge in [0, 0.05) is 0 Å². The highest BCUT2D eigenvalue weighted by molar-refractivity contribution is 7.46. The number of hydrogen-bond acceptors (Lipinski definition) is 4. The largest absolute Gasteiger partial charge is 0.469 e. The summed E-state index contributed by atoms with van der Waals surface area (Å²) in [6.07, 6.45) is 1.63. The summed E-state index contributed by atoms with van der Waals surface area (Å²) in [6.45, 7) is 1.50. The van der Waals surface area contributed by atoms with E-state index in [0.717, 1.165) is 0 Å². The fourth-order valence-corrected chi connectivity index (χ4v) is 2.12. The monoisotopic (exact) mass is 292 g/mol. The number of phosphoric ester groups is 2. The topological polar surface area (TPSA) is 134 Å². The number of rotatable bonds is 9. The number of unbranched alkanes of at least 4 members (excludes halogenated alkanes) is 2. The lowest BCUT2D eigenvalue weighted by Crippen LogP contribution is -2.06. The number of hydrogen-bond donors (Lipinski definition) is 4. The van der Waals surface area contributed by atoms with E-state index in [0.29, 0.717) is 25.7 Å². The van der Waals surface area contributed by atoms with Crippen molar-refractivity contribution in [2.75, 3.05) is 6.61 Å². The van der Waals surface area contributed by atoms with Crippen LogP contribution in [0, 0.1) is 0 Å². The molecule has 0 amide bonds. The third kappa shape index (κ3) is 14.2. The lowest BCUT2D eigenvalue weighted by atomic mass is 10.1. The molecule has 0 fully saturated rings. The van der Waals surface area contributed by atoms with Gasteiger partial charge in [0.05, 0.1) is 12.7 Å². The molecule has 0 heterocycles. The zero-order chi connectivity index (χ0) is 13.5. The van der Waals surface area contributed by atoms with Gasteiger partial charge in [-0.3, -0.25) is 9.05 Å². The second kappa shape index (κ2) is 7.61. The first-order chi connectivity index (χ1) is 7.60. The quantitative estimate of drug-likeness (QED) is 0.367. The Morgan fingerprint density at radius 2 is 1.59 bits per heavy atom. The van der Waals surface area contributed by atoms with Crippen LogP contribution in [0.2, 0.25) is 0 Å². The van der Waals surface area contributed by atoms with Gasteiger partial charge < -0.3 is 19.6 Å². The SMILES string of the molecule is CC(CCCCCOP(=O)(O)O)OP(=O)(O)O. The molecule has 0 aromatic carbocycles. The predicted molar refractivity (Wildman–Crippen MR) is 59.1 cm³/mol. The van der Waals surface area contributed by atoms with Crippen LogP contribution in [0.3, 0.4) is 0 Å². The van der Waals surface area contributed by atoms with Gasteiger partial charge in [0.2, 0.25) is 0 Å². The average molecular weight is 292 g/mol. The van der Waals surface area contributed by atoms with Crippen molar-refractivity contribution in [1.82, 2.24) is 0 Å². The highest BCUT2D eigenvalue weighted by Crippen LogP contribution is 2.38. The molecule has 4 N–H and O–H groups in total.